The van der Waals surface area contributed by atoms with Gasteiger partial charge in [-0.05, 0) is 80.5 Å². The molecule has 0 fully saturated rings. The summed E-state index contributed by atoms with van der Waals surface area (Å²) >= 11 is 0. The van der Waals surface area contributed by atoms with Gasteiger partial charge in [0.25, 0.3) is 0 Å². The van der Waals surface area contributed by atoms with Gasteiger partial charge in [-0.2, -0.15) is 0 Å². The molecule has 2 aromatic carbocycles. The predicted octanol–water partition coefficient (Wildman–Crippen LogP) is 5.48. The van der Waals surface area contributed by atoms with Gasteiger partial charge < -0.3 is 4.90 Å². The fourth-order valence-electron chi connectivity index (χ4n) is 5.03. The second kappa shape index (κ2) is 6.66. The normalized spacial score (nSPS) is 15.8. The molecule has 0 saturated heterocycles. The molecule has 0 spiro atoms. The number of aryl methyl sites for hydroxylation is 4. The number of rotatable bonds is 1. The minimum Gasteiger partial charge on any atom is -0.329 e. The summed E-state index contributed by atoms with van der Waals surface area (Å²) in [6.07, 6.45) is 2.57. The molecule has 4 aromatic rings. The summed E-state index contributed by atoms with van der Waals surface area (Å²) in [6, 6.07) is 11.0. The van der Waals surface area contributed by atoms with Gasteiger partial charge in [-0.3, -0.25) is 4.57 Å². The van der Waals surface area contributed by atoms with Crippen molar-refractivity contribution in [2.75, 3.05) is 11.9 Å². The lowest BCUT2D eigenvalue weighted by Crippen LogP contribution is -2.16. The zero-order valence-electron chi connectivity index (χ0n) is 18.5. The highest BCUT2D eigenvalue weighted by Crippen LogP contribution is 2.42. The Kier molecular flexibility index (Phi) is 4.17. The van der Waals surface area contributed by atoms with Crippen molar-refractivity contribution in [3.8, 4) is 5.82 Å². The van der Waals surface area contributed by atoms with Gasteiger partial charge in [-0.1, -0.05) is 19.1 Å². The third-order valence-electron chi connectivity index (χ3n) is 6.28. The van der Waals surface area contributed by atoms with Crippen molar-refractivity contribution in [3.63, 3.8) is 0 Å². The summed E-state index contributed by atoms with van der Waals surface area (Å²) in [5, 5.41) is 0. The van der Waals surface area contributed by atoms with Crippen molar-refractivity contribution in [2.24, 2.45) is 0 Å². The molecule has 5 rings (SSSR count). The van der Waals surface area contributed by atoms with Crippen LogP contribution in [0.15, 0.2) is 36.7 Å². The van der Waals surface area contributed by atoms with Gasteiger partial charge in [0, 0.05) is 18.3 Å². The molecule has 0 aliphatic carbocycles. The van der Waals surface area contributed by atoms with Crippen LogP contribution in [0.4, 0.5) is 11.5 Å². The van der Waals surface area contributed by atoms with Crippen LogP contribution in [0.5, 0.6) is 0 Å². The Balaban J connectivity index is 1.77. The average molecular weight is 398 g/mol. The van der Waals surface area contributed by atoms with Gasteiger partial charge in [0.1, 0.15) is 23.8 Å². The van der Waals surface area contributed by atoms with Crippen LogP contribution in [-0.4, -0.2) is 26.6 Å². The molecule has 1 aliphatic heterocycles. The van der Waals surface area contributed by atoms with Crippen LogP contribution < -0.4 is 4.90 Å². The number of fused-ring (bicyclic) bond motifs is 3. The Morgan fingerprint density at radius 2 is 1.70 bits per heavy atom. The minimum atomic E-state index is 0.367. The maximum absolute atomic E-state index is 4.81. The van der Waals surface area contributed by atoms with Crippen LogP contribution in [-0.2, 0) is 6.42 Å². The number of benzene rings is 2. The fourth-order valence-corrected chi connectivity index (χ4v) is 5.03. The molecular formula is C25H27N5. The molecule has 0 amide bonds. The summed E-state index contributed by atoms with van der Waals surface area (Å²) in [6.45, 7) is 10.8. The van der Waals surface area contributed by atoms with E-state index in [4.69, 9.17) is 15.0 Å². The second-order valence-electron chi connectivity index (χ2n) is 8.66. The van der Waals surface area contributed by atoms with E-state index in [0.29, 0.717) is 5.92 Å². The van der Waals surface area contributed by atoms with Gasteiger partial charge in [-0.15, -0.1) is 0 Å². The first kappa shape index (κ1) is 18.8. The van der Waals surface area contributed by atoms with Crippen LogP contribution in [0.2, 0.25) is 0 Å². The summed E-state index contributed by atoms with van der Waals surface area (Å²) in [4.78, 5) is 16.5. The topological polar surface area (TPSA) is 46.8 Å². The van der Waals surface area contributed by atoms with Crippen molar-refractivity contribution >= 4 is 22.5 Å². The standard InChI is InChI=1S/C25H27N5/c1-14-7-8-21-20(10-14)28-18(5)30(21)25-19-12-17(4)23-16(3)9-15(2)11-22(23)29(6)24(19)26-13-27-25/h7-11,13,17H,12H2,1-6H3. The first-order chi connectivity index (χ1) is 14.3. The predicted molar refractivity (Wildman–Crippen MR) is 122 cm³/mol. The van der Waals surface area contributed by atoms with E-state index < -0.39 is 0 Å². The molecule has 5 heteroatoms. The van der Waals surface area contributed by atoms with E-state index in [-0.39, 0.29) is 0 Å². The largest absolute Gasteiger partial charge is 0.329 e. The highest BCUT2D eigenvalue weighted by atomic mass is 15.2. The van der Waals surface area contributed by atoms with Crippen molar-refractivity contribution < 1.29 is 0 Å². The van der Waals surface area contributed by atoms with E-state index in [9.17, 15) is 0 Å². The number of anilines is 2. The van der Waals surface area contributed by atoms with Gasteiger partial charge >= 0.3 is 0 Å². The average Bonchev–Trinajstić information content (AvgIpc) is 2.95. The van der Waals surface area contributed by atoms with Crippen molar-refractivity contribution in [1.29, 1.82) is 0 Å². The van der Waals surface area contributed by atoms with Crippen LogP contribution in [0.3, 0.4) is 0 Å². The third kappa shape index (κ3) is 2.72. The Hall–Kier alpha value is -3.21. The molecule has 0 saturated carbocycles. The molecule has 30 heavy (non-hydrogen) atoms. The summed E-state index contributed by atoms with van der Waals surface area (Å²) in [5.41, 5.74) is 9.72. The van der Waals surface area contributed by atoms with Gasteiger partial charge in [-0.25, -0.2) is 15.0 Å². The molecule has 2 aromatic heterocycles. The zero-order valence-corrected chi connectivity index (χ0v) is 18.5. The number of hydrogen-bond acceptors (Lipinski definition) is 4. The van der Waals surface area contributed by atoms with Crippen molar-refractivity contribution in [1.82, 2.24) is 19.5 Å². The Bertz CT molecular complexity index is 1300. The number of aromatic nitrogens is 4. The Morgan fingerprint density at radius 1 is 0.933 bits per heavy atom. The van der Waals surface area contributed by atoms with Crippen LogP contribution in [0, 0.1) is 27.7 Å². The molecule has 5 nitrogen and oxygen atoms in total. The summed E-state index contributed by atoms with van der Waals surface area (Å²) in [5.74, 6) is 3.22. The van der Waals surface area contributed by atoms with E-state index in [1.165, 1.54) is 33.5 Å². The lowest BCUT2D eigenvalue weighted by Gasteiger charge is -2.23. The molecule has 1 unspecified atom stereocenters. The molecule has 0 bridgehead atoms. The van der Waals surface area contributed by atoms with Gasteiger partial charge in [0.2, 0.25) is 0 Å². The fraction of sp³-hybridized carbons (Fsp3) is 0.320. The number of nitrogens with zero attached hydrogens (tertiary/aromatic N) is 5. The number of imidazole rings is 1. The maximum atomic E-state index is 4.81. The Morgan fingerprint density at radius 3 is 2.50 bits per heavy atom. The first-order valence-electron chi connectivity index (χ1n) is 10.5. The van der Waals surface area contributed by atoms with E-state index in [2.05, 4.69) is 81.5 Å². The molecular weight excluding hydrogens is 370 g/mol. The lowest BCUT2D eigenvalue weighted by molar-refractivity contribution is 0.749. The second-order valence-corrected chi connectivity index (χ2v) is 8.66. The van der Waals surface area contributed by atoms with E-state index in [1.807, 2.05) is 0 Å². The molecule has 152 valence electrons. The molecule has 0 N–H and O–H groups in total. The van der Waals surface area contributed by atoms with Gasteiger partial charge in [0.15, 0.2) is 0 Å². The molecule has 1 aliphatic rings. The summed E-state index contributed by atoms with van der Waals surface area (Å²) in [7, 11) is 2.12. The first-order valence-corrected chi connectivity index (χ1v) is 10.5. The highest BCUT2D eigenvalue weighted by Gasteiger charge is 2.29. The van der Waals surface area contributed by atoms with Crippen LogP contribution in [0.25, 0.3) is 16.9 Å². The molecule has 0 radical (unpaired) electrons. The minimum absolute atomic E-state index is 0.367. The highest BCUT2D eigenvalue weighted by molar-refractivity contribution is 5.80. The smallest absolute Gasteiger partial charge is 0.147 e. The SMILES string of the molecule is Cc1cc(C)c2c(c1)N(C)c1ncnc(-n3c(C)nc4cc(C)ccc43)c1CC2C. The molecule has 1 atom stereocenters. The van der Waals surface area contributed by atoms with Crippen LogP contribution >= 0.6 is 0 Å². The number of hydrogen-bond donors (Lipinski definition) is 0. The van der Waals surface area contributed by atoms with E-state index in [0.717, 1.165) is 34.9 Å². The lowest BCUT2D eigenvalue weighted by atomic mass is 9.90. The zero-order chi connectivity index (χ0) is 21.2. The monoisotopic (exact) mass is 397 g/mol. The van der Waals surface area contributed by atoms with Crippen molar-refractivity contribution in [3.05, 3.63) is 70.3 Å². The molecule has 3 heterocycles. The maximum Gasteiger partial charge on any atom is 0.147 e. The Labute approximate surface area is 177 Å². The van der Waals surface area contributed by atoms with E-state index in [1.54, 1.807) is 6.33 Å². The van der Waals surface area contributed by atoms with Crippen molar-refractivity contribution in [2.45, 2.75) is 47.0 Å². The van der Waals surface area contributed by atoms with Gasteiger partial charge in [0.05, 0.1) is 11.0 Å². The quantitative estimate of drug-likeness (QED) is 0.427. The van der Waals surface area contributed by atoms with Crippen LogP contribution in [0.1, 0.15) is 46.5 Å². The summed E-state index contributed by atoms with van der Waals surface area (Å²) < 4.78 is 2.18. The van der Waals surface area contributed by atoms with E-state index >= 15 is 0 Å². The third-order valence-corrected chi connectivity index (χ3v) is 6.28.